The molecular formula is C17H24N4O. The molecule has 0 unspecified atom stereocenters. The molecule has 0 spiro atoms. The zero-order valence-electron chi connectivity index (χ0n) is 13.6. The number of likely N-dealkylation sites (N-methyl/N-ethyl adjacent to an activating group) is 1. The molecule has 1 aliphatic rings. The van der Waals surface area contributed by atoms with Crippen LogP contribution in [-0.4, -0.2) is 58.0 Å². The monoisotopic (exact) mass is 300 g/mol. The smallest absolute Gasteiger partial charge is 0.227 e. The van der Waals surface area contributed by atoms with Crippen LogP contribution in [0.4, 0.5) is 0 Å². The second-order valence-corrected chi connectivity index (χ2v) is 6.51. The molecule has 5 nitrogen and oxygen atoms in total. The van der Waals surface area contributed by atoms with Gasteiger partial charge in [-0.25, -0.2) is 4.52 Å². The highest BCUT2D eigenvalue weighted by Crippen LogP contribution is 2.17. The SMILES string of the molecule is CC(C)[C@H]1CN(C(=O)Cc2cnn3ccccc23)CCN1C. The van der Waals surface area contributed by atoms with Crippen LogP contribution in [0.15, 0.2) is 30.6 Å². The van der Waals surface area contributed by atoms with Crippen molar-refractivity contribution in [2.75, 3.05) is 26.7 Å². The number of nitrogens with zero attached hydrogens (tertiary/aromatic N) is 4. The highest BCUT2D eigenvalue weighted by molar-refractivity contribution is 5.81. The summed E-state index contributed by atoms with van der Waals surface area (Å²) in [5, 5.41) is 4.31. The van der Waals surface area contributed by atoms with Crippen LogP contribution >= 0.6 is 0 Å². The van der Waals surface area contributed by atoms with E-state index in [1.54, 1.807) is 0 Å². The first-order chi connectivity index (χ1) is 10.6. The van der Waals surface area contributed by atoms with E-state index in [0.717, 1.165) is 30.7 Å². The standard InChI is InChI=1S/C17H24N4O/c1-13(2)16-12-20(9-8-19(16)3)17(22)10-14-11-18-21-7-5-4-6-15(14)21/h4-7,11,13,16H,8-10,12H2,1-3H3/t16-/m1/s1. The molecule has 1 saturated heterocycles. The van der Waals surface area contributed by atoms with E-state index in [1.165, 1.54) is 0 Å². The molecule has 1 fully saturated rings. The summed E-state index contributed by atoms with van der Waals surface area (Å²) in [7, 11) is 2.15. The Morgan fingerprint density at radius 3 is 2.95 bits per heavy atom. The molecule has 0 radical (unpaired) electrons. The van der Waals surface area contributed by atoms with E-state index in [2.05, 4.69) is 30.9 Å². The molecule has 22 heavy (non-hydrogen) atoms. The maximum absolute atomic E-state index is 12.7. The molecule has 2 aromatic heterocycles. The molecule has 2 aromatic rings. The predicted molar refractivity (Wildman–Crippen MR) is 86.7 cm³/mol. The summed E-state index contributed by atoms with van der Waals surface area (Å²) in [5.74, 6) is 0.759. The number of hydrogen-bond donors (Lipinski definition) is 0. The van der Waals surface area contributed by atoms with Gasteiger partial charge in [0.15, 0.2) is 0 Å². The first kappa shape index (κ1) is 15.0. The number of pyridine rings is 1. The average molecular weight is 300 g/mol. The Labute approximate surface area is 131 Å². The molecule has 5 heteroatoms. The molecule has 0 aliphatic carbocycles. The Kier molecular flexibility index (Phi) is 4.16. The summed E-state index contributed by atoms with van der Waals surface area (Å²) < 4.78 is 1.82. The van der Waals surface area contributed by atoms with Crippen LogP contribution in [0, 0.1) is 5.92 Å². The summed E-state index contributed by atoms with van der Waals surface area (Å²) in [6.07, 6.45) is 4.15. The number of carbonyl (C=O) groups excluding carboxylic acids is 1. The molecule has 3 rings (SSSR count). The van der Waals surface area contributed by atoms with Crippen LogP contribution in [0.1, 0.15) is 19.4 Å². The van der Waals surface area contributed by atoms with Crippen molar-refractivity contribution in [2.45, 2.75) is 26.3 Å². The Balaban J connectivity index is 1.72. The zero-order chi connectivity index (χ0) is 15.7. The summed E-state index contributed by atoms with van der Waals surface area (Å²) in [6.45, 7) is 7.04. The highest BCUT2D eigenvalue weighted by Gasteiger charge is 2.29. The quantitative estimate of drug-likeness (QED) is 0.866. The summed E-state index contributed by atoms with van der Waals surface area (Å²) in [4.78, 5) is 17.0. The van der Waals surface area contributed by atoms with Crippen LogP contribution in [0.3, 0.4) is 0 Å². The minimum Gasteiger partial charge on any atom is -0.340 e. The minimum absolute atomic E-state index is 0.206. The van der Waals surface area contributed by atoms with Gasteiger partial charge in [0, 0.05) is 37.4 Å². The Morgan fingerprint density at radius 1 is 1.36 bits per heavy atom. The average Bonchev–Trinajstić information content (AvgIpc) is 2.90. The molecule has 0 bridgehead atoms. The number of fused-ring (bicyclic) bond motifs is 1. The minimum atomic E-state index is 0.206. The molecular weight excluding hydrogens is 276 g/mol. The largest absolute Gasteiger partial charge is 0.340 e. The third-order valence-electron chi connectivity index (χ3n) is 4.67. The Bertz CT molecular complexity index is 663. The van der Waals surface area contributed by atoms with Gasteiger partial charge < -0.3 is 4.90 Å². The molecule has 1 amide bonds. The molecule has 0 aromatic carbocycles. The van der Waals surface area contributed by atoms with E-state index in [4.69, 9.17) is 0 Å². The van der Waals surface area contributed by atoms with Gasteiger partial charge in [-0.2, -0.15) is 5.10 Å². The van der Waals surface area contributed by atoms with Gasteiger partial charge in [0.25, 0.3) is 0 Å². The van der Waals surface area contributed by atoms with Crippen LogP contribution < -0.4 is 0 Å². The summed E-state index contributed by atoms with van der Waals surface area (Å²) in [6, 6.07) is 6.38. The first-order valence-electron chi connectivity index (χ1n) is 7.95. The zero-order valence-corrected chi connectivity index (χ0v) is 13.6. The van der Waals surface area contributed by atoms with Gasteiger partial charge in [0.05, 0.1) is 18.1 Å². The van der Waals surface area contributed by atoms with Crippen molar-refractivity contribution in [3.05, 3.63) is 36.2 Å². The number of hydrogen-bond acceptors (Lipinski definition) is 3. The van der Waals surface area contributed by atoms with Gasteiger partial charge in [-0.05, 0) is 25.1 Å². The van der Waals surface area contributed by atoms with E-state index in [0.29, 0.717) is 18.4 Å². The second kappa shape index (κ2) is 6.08. The van der Waals surface area contributed by atoms with Crippen molar-refractivity contribution in [1.82, 2.24) is 19.4 Å². The summed E-state index contributed by atoms with van der Waals surface area (Å²) in [5.41, 5.74) is 2.02. The highest BCUT2D eigenvalue weighted by atomic mass is 16.2. The van der Waals surface area contributed by atoms with Gasteiger partial charge in [-0.3, -0.25) is 9.69 Å². The first-order valence-corrected chi connectivity index (χ1v) is 7.95. The molecule has 1 atom stereocenters. The number of carbonyl (C=O) groups is 1. The van der Waals surface area contributed by atoms with E-state index in [-0.39, 0.29) is 5.91 Å². The van der Waals surface area contributed by atoms with Crippen molar-refractivity contribution in [3.63, 3.8) is 0 Å². The number of piperazine rings is 1. The lowest BCUT2D eigenvalue weighted by molar-refractivity contribution is -0.133. The van der Waals surface area contributed by atoms with E-state index in [1.807, 2.05) is 40.0 Å². The van der Waals surface area contributed by atoms with Crippen LogP contribution in [0.5, 0.6) is 0 Å². The molecule has 1 aliphatic heterocycles. The fourth-order valence-corrected chi connectivity index (χ4v) is 3.25. The van der Waals surface area contributed by atoms with Crippen molar-refractivity contribution in [1.29, 1.82) is 0 Å². The van der Waals surface area contributed by atoms with E-state index in [9.17, 15) is 4.79 Å². The van der Waals surface area contributed by atoms with Crippen LogP contribution in [0.2, 0.25) is 0 Å². The molecule has 118 valence electrons. The second-order valence-electron chi connectivity index (χ2n) is 6.51. The van der Waals surface area contributed by atoms with Crippen LogP contribution in [0.25, 0.3) is 5.52 Å². The third-order valence-corrected chi connectivity index (χ3v) is 4.67. The maximum Gasteiger partial charge on any atom is 0.227 e. The van der Waals surface area contributed by atoms with Crippen LogP contribution in [-0.2, 0) is 11.2 Å². The van der Waals surface area contributed by atoms with Crippen molar-refractivity contribution in [2.24, 2.45) is 5.92 Å². The number of rotatable bonds is 3. The third kappa shape index (κ3) is 2.86. The Hall–Kier alpha value is -1.88. The fourth-order valence-electron chi connectivity index (χ4n) is 3.25. The van der Waals surface area contributed by atoms with Gasteiger partial charge in [-0.15, -0.1) is 0 Å². The number of aromatic nitrogens is 2. The molecule has 0 N–H and O–H groups in total. The topological polar surface area (TPSA) is 40.9 Å². The lowest BCUT2D eigenvalue weighted by Gasteiger charge is -2.41. The lowest BCUT2D eigenvalue weighted by atomic mass is 10.00. The lowest BCUT2D eigenvalue weighted by Crippen LogP contribution is -2.55. The number of amides is 1. The summed E-state index contributed by atoms with van der Waals surface area (Å²) >= 11 is 0. The normalized spacial score (nSPS) is 20.0. The fraction of sp³-hybridized carbons (Fsp3) is 0.529. The van der Waals surface area contributed by atoms with Crippen molar-refractivity contribution in [3.8, 4) is 0 Å². The van der Waals surface area contributed by atoms with Gasteiger partial charge in [-0.1, -0.05) is 19.9 Å². The van der Waals surface area contributed by atoms with Gasteiger partial charge in [0.1, 0.15) is 0 Å². The molecule has 0 saturated carbocycles. The predicted octanol–water partition coefficient (Wildman–Crippen LogP) is 1.68. The van der Waals surface area contributed by atoms with Gasteiger partial charge in [0.2, 0.25) is 5.91 Å². The maximum atomic E-state index is 12.7. The van der Waals surface area contributed by atoms with Crippen molar-refractivity contribution < 1.29 is 4.79 Å². The van der Waals surface area contributed by atoms with E-state index >= 15 is 0 Å². The Morgan fingerprint density at radius 2 is 2.18 bits per heavy atom. The van der Waals surface area contributed by atoms with E-state index < -0.39 is 0 Å². The van der Waals surface area contributed by atoms with Gasteiger partial charge >= 0.3 is 0 Å². The molecule has 3 heterocycles. The van der Waals surface area contributed by atoms with Crippen molar-refractivity contribution >= 4 is 11.4 Å².